The Morgan fingerprint density at radius 1 is 1.22 bits per heavy atom. The average molecular weight is 241 g/mol. The third-order valence-electron chi connectivity index (χ3n) is 2.54. The number of anilines is 2. The number of benzene rings is 2. The Morgan fingerprint density at radius 3 is 2.78 bits per heavy atom. The van der Waals surface area contributed by atoms with Crippen molar-refractivity contribution in [2.24, 2.45) is 0 Å². The Kier molecular flexibility index (Phi) is 3.44. The first-order valence-corrected chi connectivity index (χ1v) is 5.47. The predicted octanol–water partition coefficient (Wildman–Crippen LogP) is 2.89. The average Bonchev–Trinajstić information content (AvgIpc) is 2.37. The van der Waals surface area contributed by atoms with Crippen LogP contribution in [-0.4, -0.2) is 0 Å². The van der Waals surface area contributed by atoms with Gasteiger partial charge in [0.1, 0.15) is 11.9 Å². The number of nitrogens with zero attached hydrogens (tertiary/aromatic N) is 1. The van der Waals surface area contributed by atoms with Crippen molar-refractivity contribution in [3.63, 3.8) is 0 Å². The molecule has 2 rings (SSSR count). The molecule has 0 bridgehead atoms. The summed E-state index contributed by atoms with van der Waals surface area (Å²) in [6, 6.07) is 13.5. The maximum Gasteiger partial charge on any atom is 0.123 e. The lowest BCUT2D eigenvalue weighted by molar-refractivity contribution is 0.626. The Balaban J connectivity index is 2.14. The summed E-state index contributed by atoms with van der Waals surface area (Å²) in [6.45, 7) is 0.455. The summed E-state index contributed by atoms with van der Waals surface area (Å²) in [5.74, 6) is -0.271. The fourth-order valence-corrected chi connectivity index (χ4v) is 1.65. The maximum absolute atomic E-state index is 13.0. The smallest absolute Gasteiger partial charge is 0.123 e. The number of nitrogen functional groups attached to an aromatic ring is 1. The zero-order valence-corrected chi connectivity index (χ0v) is 9.65. The first-order valence-electron chi connectivity index (χ1n) is 5.47. The van der Waals surface area contributed by atoms with E-state index in [2.05, 4.69) is 11.4 Å². The van der Waals surface area contributed by atoms with Crippen LogP contribution < -0.4 is 11.1 Å². The van der Waals surface area contributed by atoms with Crippen molar-refractivity contribution in [1.82, 2.24) is 0 Å². The lowest BCUT2D eigenvalue weighted by atomic mass is 10.1. The molecule has 0 aliphatic rings. The van der Waals surface area contributed by atoms with Gasteiger partial charge in [-0.2, -0.15) is 5.26 Å². The lowest BCUT2D eigenvalue weighted by Crippen LogP contribution is -2.02. The normalized spacial score (nSPS) is 9.78. The van der Waals surface area contributed by atoms with Crippen LogP contribution in [-0.2, 0) is 6.54 Å². The van der Waals surface area contributed by atoms with E-state index in [1.165, 1.54) is 12.1 Å². The van der Waals surface area contributed by atoms with Crippen LogP contribution in [0.1, 0.15) is 11.1 Å². The van der Waals surface area contributed by atoms with E-state index in [0.717, 1.165) is 5.56 Å². The van der Waals surface area contributed by atoms with Crippen LogP contribution in [0.5, 0.6) is 0 Å². The monoisotopic (exact) mass is 241 g/mol. The quantitative estimate of drug-likeness (QED) is 0.812. The largest absolute Gasteiger partial charge is 0.399 e. The highest BCUT2D eigenvalue weighted by Crippen LogP contribution is 2.18. The molecule has 2 aromatic rings. The van der Waals surface area contributed by atoms with Crippen molar-refractivity contribution >= 4 is 11.4 Å². The number of nitrogens with one attached hydrogen (secondary N) is 1. The predicted molar refractivity (Wildman–Crippen MR) is 69.3 cm³/mol. The standard InChI is InChI=1S/C14H12FN3/c15-12-3-1-2-10(6-12)9-18-14-5-4-13(17)7-11(14)8-16/h1-7,18H,9,17H2. The highest BCUT2D eigenvalue weighted by Gasteiger charge is 2.02. The first kappa shape index (κ1) is 11.9. The van der Waals surface area contributed by atoms with E-state index < -0.39 is 0 Å². The fourth-order valence-electron chi connectivity index (χ4n) is 1.65. The van der Waals surface area contributed by atoms with Crippen molar-refractivity contribution in [2.45, 2.75) is 6.54 Å². The van der Waals surface area contributed by atoms with Crippen molar-refractivity contribution in [3.8, 4) is 6.07 Å². The molecule has 2 aromatic carbocycles. The molecule has 0 aliphatic carbocycles. The lowest BCUT2D eigenvalue weighted by Gasteiger charge is -2.09. The van der Waals surface area contributed by atoms with Gasteiger partial charge in [-0.25, -0.2) is 4.39 Å². The third kappa shape index (κ3) is 2.77. The van der Waals surface area contributed by atoms with Crippen LogP contribution in [0, 0.1) is 17.1 Å². The number of nitriles is 1. The SMILES string of the molecule is N#Cc1cc(N)ccc1NCc1cccc(F)c1. The fraction of sp³-hybridized carbons (Fsp3) is 0.0714. The molecular formula is C14H12FN3. The molecule has 0 radical (unpaired) electrons. The zero-order valence-electron chi connectivity index (χ0n) is 9.65. The van der Waals surface area contributed by atoms with E-state index in [0.29, 0.717) is 23.5 Å². The Hall–Kier alpha value is -2.54. The molecule has 3 nitrogen and oxygen atoms in total. The molecule has 90 valence electrons. The van der Waals surface area contributed by atoms with Gasteiger partial charge in [0.15, 0.2) is 0 Å². The second-order valence-electron chi connectivity index (χ2n) is 3.90. The van der Waals surface area contributed by atoms with Crippen LogP contribution in [0.15, 0.2) is 42.5 Å². The minimum Gasteiger partial charge on any atom is -0.399 e. The summed E-state index contributed by atoms with van der Waals surface area (Å²) in [5.41, 5.74) is 8.13. The number of hydrogen-bond donors (Lipinski definition) is 2. The van der Waals surface area contributed by atoms with Gasteiger partial charge in [-0.3, -0.25) is 0 Å². The van der Waals surface area contributed by atoms with Crippen LogP contribution in [0.2, 0.25) is 0 Å². The number of hydrogen-bond acceptors (Lipinski definition) is 3. The summed E-state index contributed by atoms with van der Waals surface area (Å²) in [6.07, 6.45) is 0. The molecule has 0 aliphatic heterocycles. The van der Waals surface area contributed by atoms with E-state index in [1.54, 1.807) is 24.3 Å². The van der Waals surface area contributed by atoms with Gasteiger partial charge in [0.25, 0.3) is 0 Å². The topological polar surface area (TPSA) is 61.8 Å². The van der Waals surface area contributed by atoms with Crippen LogP contribution in [0.25, 0.3) is 0 Å². The summed E-state index contributed by atoms with van der Waals surface area (Å²) in [7, 11) is 0. The van der Waals surface area contributed by atoms with E-state index in [9.17, 15) is 4.39 Å². The van der Waals surface area contributed by atoms with Gasteiger partial charge in [0, 0.05) is 12.2 Å². The first-order chi connectivity index (χ1) is 8.69. The van der Waals surface area contributed by atoms with E-state index in [4.69, 9.17) is 11.0 Å². The zero-order chi connectivity index (χ0) is 13.0. The Morgan fingerprint density at radius 2 is 2.06 bits per heavy atom. The maximum atomic E-state index is 13.0. The molecule has 0 unspecified atom stereocenters. The van der Waals surface area contributed by atoms with Crippen LogP contribution >= 0.6 is 0 Å². The van der Waals surface area contributed by atoms with E-state index in [1.807, 2.05) is 6.07 Å². The molecule has 18 heavy (non-hydrogen) atoms. The van der Waals surface area contributed by atoms with Crippen molar-refractivity contribution in [2.75, 3.05) is 11.1 Å². The summed E-state index contributed by atoms with van der Waals surface area (Å²) >= 11 is 0. The summed E-state index contributed by atoms with van der Waals surface area (Å²) < 4.78 is 13.0. The van der Waals surface area contributed by atoms with Gasteiger partial charge in [0.2, 0.25) is 0 Å². The van der Waals surface area contributed by atoms with Gasteiger partial charge in [-0.15, -0.1) is 0 Å². The van der Waals surface area contributed by atoms with Gasteiger partial charge in [-0.1, -0.05) is 12.1 Å². The second kappa shape index (κ2) is 5.19. The highest BCUT2D eigenvalue weighted by molar-refractivity contribution is 5.63. The molecule has 0 atom stereocenters. The summed E-state index contributed by atoms with van der Waals surface area (Å²) in [4.78, 5) is 0. The van der Waals surface area contributed by atoms with Crippen molar-refractivity contribution < 1.29 is 4.39 Å². The minimum atomic E-state index is -0.271. The van der Waals surface area contributed by atoms with Crippen molar-refractivity contribution in [3.05, 3.63) is 59.4 Å². The van der Waals surface area contributed by atoms with Gasteiger partial charge >= 0.3 is 0 Å². The van der Waals surface area contributed by atoms with Gasteiger partial charge < -0.3 is 11.1 Å². The van der Waals surface area contributed by atoms with Crippen LogP contribution in [0.4, 0.5) is 15.8 Å². The Bertz CT molecular complexity index is 602. The molecule has 0 aromatic heterocycles. The minimum absolute atomic E-state index is 0.271. The second-order valence-corrected chi connectivity index (χ2v) is 3.90. The molecule has 0 saturated carbocycles. The van der Waals surface area contributed by atoms with Crippen molar-refractivity contribution in [1.29, 1.82) is 5.26 Å². The number of rotatable bonds is 3. The molecule has 3 N–H and O–H groups in total. The molecule has 4 heteroatoms. The van der Waals surface area contributed by atoms with E-state index in [-0.39, 0.29) is 5.82 Å². The highest BCUT2D eigenvalue weighted by atomic mass is 19.1. The van der Waals surface area contributed by atoms with Gasteiger partial charge in [-0.05, 0) is 35.9 Å². The number of nitrogens with two attached hydrogens (primary N) is 1. The molecule has 0 spiro atoms. The molecule has 0 saturated heterocycles. The van der Waals surface area contributed by atoms with Crippen LogP contribution in [0.3, 0.4) is 0 Å². The third-order valence-corrected chi connectivity index (χ3v) is 2.54. The van der Waals surface area contributed by atoms with Gasteiger partial charge in [0.05, 0.1) is 11.3 Å². The molecule has 0 fully saturated rings. The molecular weight excluding hydrogens is 229 g/mol. The molecule has 0 heterocycles. The van der Waals surface area contributed by atoms with E-state index >= 15 is 0 Å². The Labute approximate surface area is 105 Å². The number of halogens is 1. The molecule has 0 amide bonds. The summed E-state index contributed by atoms with van der Waals surface area (Å²) in [5, 5.41) is 12.1.